The highest BCUT2D eigenvalue weighted by Crippen LogP contribution is 2.12. The topological polar surface area (TPSA) is 83.5 Å². The van der Waals surface area contributed by atoms with Crippen molar-refractivity contribution >= 4 is 5.84 Å². The lowest BCUT2D eigenvalue weighted by atomic mass is 10.1. The molecule has 0 amide bonds. The molecule has 0 bridgehead atoms. The number of hydrogen-bond acceptors (Lipinski definition) is 4. The first kappa shape index (κ1) is 14.0. The third-order valence-electron chi connectivity index (χ3n) is 3.15. The van der Waals surface area contributed by atoms with Gasteiger partial charge in [-0.15, -0.1) is 0 Å². The minimum atomic E-state index is 0.119. The van der Waals surface area contributed by atoms with Crippen molar-refractivity contribution in [2.45, 2.75) is 19.5 Å². The number of rotatable bonds is 5. The van der Waals surface area contributed by atoms with Crippen molar-refractivity contribution in [1.29, 1.82) is 0 Å². The van der Waals surface area contributed by atoms with Crippen molar-refractivity contribution < 1.29 is 5.21 Å². The molecular formula is C15H18N4O. The van der Waals surface area contributed by atoms with E-state index >= 15 is 0 Å². The van der Waals surface area contributed by atoms with Crippen LogP contribution in [0.25, 0.3) is 0 Å². The molecular weight excluding hydrogens is 252 g/mol. The van der Waals surface area contributed by atoms with Gasteiger partial charge in [0, 0.05) is 30.5 Å². The van der Waals surface area contributed by atoms with Crippen LogP contribution in [0, 0.1) is 0 Å². The summed E-state index contributed by atoms with van der Waals surface area (Å²) in [6, 6.07) is 11.8. The molecule has 0 aliphatic rings. The maximum atomic E-state index is 8.69. The maximum Gasteiger partial charge on any atom is 0.170 e. The quantitative estimate of drug-likeness (QED) is 0.336. The van der Waals surface area contributed by atoms with Gasteiger partial charge in [-0.1, -0.05) is 23.4 Å². The number of hydrogen-bond donors (Lipinski definition) is 3. The standard InChI is InChI=1S/C15H18N4O/c1-11(13-5-7-17-8-6-13)18-10-12-3-2-4-14(9-12)15(16)19-20/h2-9,11,18,20H,10H2,1H3,(H2,16,19)/t11-/m1/s1. The van der Waals surface area contributed by atoms with E-state index in [1.165, 1.54) is 5.56 Å². The Balaban J connectivity index is 2.01. The molecule has 2 rings (SSSR count). The van der Waals surface area contributed by atoms with Crippen molar-refractivity contribution in [2.75, 3.05) is 0 Å². The summed E-state index contributed by atoms with van der Waals surface area (Å²) in [7, 11) is 0. The summed E-state index contributed by atoms with van der Waals surface area (Å²) in [6.45, 7) is 2.80. The summed E-state index contributed by atoms with van der Waals surface area (Å²) < 4.78 is 0. The van der Waals surface area contributed by atoms with Crippen molar-refractivity contribution in [3.8, 4) is 0 Å². The summed E-state index contributed by atoms with van der Waals surface area (Å²) in [5, 5.41) is 15.1. The Bertz CT molecular complexity index is 583. The van der Waals surface area contributed by atoms with Crippen LogP contribution in [0.15, 0.2) is 53.9 Å². The van der Waals surface area contributed by atoms with Gasteiger partial charge in [-0.25, -0.2) is 0 Å². The number of nitrogens with one attached hydrogen (secondary N) is 1. The van der Waals surface area contributed by atoms with Crippen molar-refractivity contribution in [3.63, 3.8) is 0 Å². The number of aromatic nitrogens is 1. The molecule has 2 aromatic rings. The van der Waals surface area contributed by atoms with Gasteiger partial charge < -0.3 is 16.3 Å². The van der Waals surface area contributed by atoms with Crippen LogP contribution in [0.1, 0.15) is 29.7 Å². The summed E-state index contributed by atoms with van der Waals surface area (Å²) >= 11 is 0. The highest BCUT2D eigenvalue weighted by molar-refractivity contribution is 5.97. The number of nitrogens with two attached hydrogens (primary N) is 1. The molecule has 0 unspecified atom stereocenters. The third kappa shape index (κ3) is 3.55. The van der Waals surface area contributed by atoms with Crippen molar-refractivity contribution in [2.24, 2.45) is 10.9 Å². The SMILES string of the molecule is C[C@@H](NCc1cccc(/C(N)=N/O)c1)c1ccncc1. The molecule has 104 valence electrons. The van der Waals surface area contributed by atoms with Crippen LogP contribution in [0.3, 0.4) is 0 Å². The van der Waals surface area contributed by atoms with Crippen LogP contribution in [0.5, 0.6) is 0 Å². The van der Waals surface area contributed by atoms with Crippen LogP contribution in [-0.2, 0) is 6.54 Å². The third-order valence-corrected chi connectivity index (χ3v) is 3.15. The van der Waals surface area contributed by atoms with Gasteiger partial charge in [0.05, 0.1) is 0 Å². The van der Waals surface area contributed by atoms with Gasteiger partial charge in [0.15, 0.2) is 5.84 Å². The molecule has 20 heavy (non-hydrogen) atoms. The smallest absolute Gasteiger partial charge is 0.170 e. The number of amidine groups is 1. The van der Waals surface area contributed by atoms with Gasteiger partial charge in [0.25, 0.3) is 0 Å². The van der Waals surface area contributed by atoms with Crippen LogP contribution >= 0.6 is 0 Å². The minimum absolute atomic E-state index is 0.119. The van der Waals surface area contributed by atoms with E-state index in [0.29, 0.717) is 12.1 Å². The fraction of sp³-hybridized carbons (Fsp3) is 0.200. The second kappa shape index (κ2) is 6.68. The van der Waals surface area contributed by atoms with E-state index in [9.17, 15) is 0 Å². The molecule has 5 nitrogen and oxygen atoms in total. The summed E-state index contributed by atoms with van der Waals surface area (Å²) in [5.41, 5.74) is 8.56. The molecule has 1 aromatic heterocycles. The average molecular weight is 270 g/mol. The van der Waals surface area contributed by atoms with Gasteiger partial charge >= 0.3 is 0 Å². The van der Waals surface area contributed by atoms with Crippen molar-refractivity contribution in [3.05, 3.63) is 65.5 Å². The van der Waals surface area contributed by atoms with Gasteiger partial charge in [0.2, 0.25) is 0 Å². The maximum absolute atomic E-state index is 8.69. The second-order valence-corrected chi connectivity index (χ2v) is 4.57. The Morgan fingerprint density at radius 3 is 2.80 bits per heavy atom. The predicted octanol–water partition coefficient (Wildman–Crippen LogP) is 2.03. The number of pyridine rings is 1. The zero-order chi connectivity index (χ0) is 14.4. The summed E-state index contributed by atoms with van der Waals surface area (Å²) in [5.74, 6) is 0.119. The zero-order valence-electron chi connectivity index (χ0n) is 11.3. The molecule has 1 atom stereocenters. The normalized spacial score (nSPS) is 13.2. The molecule has 0 saturated carbocycles. The van der Waals surface area contributed by atoms with Gasteiger partial charge in [0.1, 0.15) is 0 Å². The predicted molar refractivity (Wildman–Crippen MR) is 78.4 cm³/mol. The Kier molecular flexibility index (Phi) is 4.68. The first-order valence-electron chi connectivity index (χ1n) is 6.41. The summed E-state index contributed by atoms with van der Waals surface area (Å²) in [6.07, 6.45) is 3.57. The molecule has 0 saturated heterocycles. The highest BCUT2D eigenvalue weighted by Gasteiger charge is 2.05. The lowest BCUT2D eigenvalue weighted by molar-refractivity contribution is 0.318. The monoisotopic (exact) mass is 270 g/mol. The van der Waals surface area contributed by atoms with Crippen molar-refractivity contribution in [1.82, 2.24) is 10.3 Å². The highest BCUT2D eigenvalue weighted by atomic mass is 16.4. The van der Waals surface area contributed by atoms with Gasteiger partial charge in [-0.3, -0.25) is 4.98 Å². The molecule has 0 fully saturated rings. The fourth-order valence-corrected chi connectivity index (χ4v) is 1.94. The number of nitrogens with zero attached hydrogens (tertiary/aromatic N) is 2. The van der Waals surface area contributed by atoms with E-state index in [1.807, 2.05) is 36.4 Å². The number of benzene rings is 1. The first-order chi connectivity index (χ1) is 9.70. The van der Waals surface area contributed by atoms with E-state index < -0.39 is 0 Å². The molecule has 1 aromatic carbocycles. The Morgan fingerprint density at radius 2 is 2.10 bits per heavy atom. The van der Waals surface area contributed by atoms with Gasteiger partial charge in [-0.05, 0) is 36.2 Å². The Hall–Kier alpha value is -2.40. The molecule has 0 aliphatic heterocycles. The van der Waals surface area contributed by atoms with Crippen LogP contribution < -0.4 is 11.1 Å². The van der Waals surface area contributed by atoms with E-state index in [0.717, 1.165) is 5.56 Å². The lowest BCUT2D eigenvalue weighted by Gasteiger charge is -2.14. The molecule has 5 heteroatoms. The number of oxime groups is 1. The molecule has 0 spiro atoms. The van der Waals surface area contributed by atoms with Crippen LogP contribution in [-0.4, -0.2) is 16.0 Å². The largest absolute Gasteiger partial charge is 0.409 e. The van der Waals surface area contributed by atoms with E-state index in [1.54, 1.807) is 12.4 Å². The minimum Gasteiger partial charge on any atom is -0.409 e. The fourth-order valence-electron chi connectivity index (χ4n) is 1.94. The first-order valence-corrected chi connectivity index (χ1v) is 6.41. The van der Waals surface area contributed by atoms with Gasteiger partial charge in [-0.2, -0.15) is 0 Å². The van der Waals surface area contributed by atoms with Crippen LogP contribution in [0.2, 0.25) is 0 Å². The average Bonchev–Trinajstić information content (AvgIpc) is 2.53. The van der Waals surface area contributed by atoms with E-state index in [2.05, 4.69) is 22.4 Å². The zero-order valence-corrected chi connectivity index (χ0v) is 11.3. The molecule has 4 N–H and O–H groups in total. The Morgan fingerprint density at radius 1 is 1.35 bits per heavy atom. The molecule has 0 radical (unpaired) electrons. The second-order valence-electron chi connectivity index (χ2n) is 4.57. The van der Waals surface area contributed by atoms with Crippen LogP contribution in [0.4, 0.5) is 0 Å². The molecule has 1 heterocycles. The van der Waals surface area contributed by atoms with E-state index in [4.69, 9.17) is 10.9 Å². The Labute approximate surface area is 118 Å². The summed E-state index contributed by atoms with van der Waals surface area (Å²) in [4.78, 5) is 4.01. The molecule has 0 aliphatic carbocycles. The lowest BCUT2D eigenvalue weighted by Crippen LogP contribution is -2.19. The van der Waals surface area contributed by atoms with E-state index in [-0.39, 0.29) is 11.9 Å².